The van der Waals surface area contributed by atoms with Crippen molar-refractivity contribution < 1.29 is 14.6 Å². The molecule has 1 fully saturated rings. The van der Waals surface area contributed by atoms with Crippen LogP contribution < -0.4 is 0 Å². The number of aliphatic hydroxyl groups excluding tert-OH is 1. The average Bonchev–Trinajstić information content (AvgIpc) is 2.12. The number of carbonyl (C=O) groups is 1. The minimum atomic E-state index is -0.457. The van der Waals surface area contributed by atoms with Gasteiger partial charge in [0.2, 0.25) is 0 Å². The van der Waals surface area contributed by atoms with Crippen LogP contribution in [0.2, 0.25) is 0 Å². The van der Waals surface area contributed by atoms with E-state index < -0.39 is 5.60 Å². The van der Waals surface area contributed by atoms with E-state index in [1.165, 1.54) is 0 Å². The molecule has 1 unspecified atom stereocenters. The predicted octanol–water partition coefficient (Wildman–Crippen LogP) is 2.40. The van der Waals surface area contributed by atoms with Crippen LogP contribution in [-0.4, -0.2) is 40.4 Å². The first-order valence-corrected chi connectivity index (χ1v) is 6.27. The van der Waals surface area contributed by atoms with Crippen LogP contribution in [0.4, 0.5) is 4.79 Å². The molecule has 1 N–H and O–H groups in total. The summed E-state index contributed by atoms with van der Waals surface area (Å²) in [6.45, 7) is 10.5. The van der Waals surface area contributed by atoms with Crippen molar-refractivity contribution in [3.63, 3.8) is 0 Å². The molecular weight excluding hydrogens is 218 g/mol. The first kappa shape index (κ1) is 14.3. The van der Waals surface area contributed by atoms with E-state index in [-0.39, 0.29) is 18.2 Å². The second kappa shape index (κ2) is 4.84. The molecule has 0 aromatic heterocycles. The SMILES string of the molecule is CC(C)(C)OC(=O)N1CCC(CO)CC1(C)C. The molecule has 0 saturated carbocycles. The highest BCUT2D eigenvalue weighted by Gasteiger charge is 2.39. The zero-order valence-electron chi connectivity index (χ0n) is 11.6. The Kier molecular flexibility index (Phi) is 4.07. The molecule has 0 spiro atoms. The molecule has 4 heteroatoms. The van der Waals surface area contributed by atoms with E-state index in [1.807, 2.05) is 34.6 Å². The summed E-state index contributed by atoms with van der Waals surface area (Å²) in [5.41, 5.74) is -0.699. The van der Waals surface area contributed by atoms with E-state index in [0.29, 0.717) is 12.5 Å². The number of carbonyl (C=O) groups excluding carboxylic acids is 1. The van der Waals surface area contributed by atoms with Crippen molar-refractivity contribution >= 4 is 6.09 Å². The molecule has 0 aliphatic carbocycles. The van der Waals surface area contributed by atoms with Crippen molar-refractivity contribution in [3.05, 3.63) is 0 Å². The standard InChI is InChI=1S/C13H25NO3/c1-12(2,3)17-11(16)14-7-6-10(9-15)8-13(14,4)5/h10,15H,6-9H2,1-5H3. The highest BCUT2D eigenvalue weighted by molar-refractivity contribution is 5.69. The molecule has 0 bridgehead atoms. The van der Waals surface area contributed by atoms with Crippen molar-refractivity contribution in [2.75, 3.05) is 13.2 Å². The van der Waals surface area contributed by atoms with Gasteiger partial charge in [-0.05, 0) is 53.4 Å². The van der Waals surface area contributed by atoms with Gasteiger partial charge in [0.05, 0.1) is 0 Å². The molecule has 0 aromatic rings. The van der Waals surface area contributed by atoms with Crippen LogP contribution in [0.25, 0.3) is 0 Å². The Morgan fingerprint density at radius 3 is 2.47 bits per heavy atom. The fourth-order valence-electron chi connectivity index (χ4n) is 2.34. The summed E-state index contributed by atoms with van der Waals surface area (Å²) in [5.74, 6) is 0.295. The zero-order valence-corrected chi connectivity index (χ0v) is 11.6. The summed E-state index contributed by atoms with van der Waals surface area (Å²) in [4.78, 5) is 13.8. The van der Waals surface area contributed by atoms with Crippen molar-refractivity contribution in [2.24, 2.45) is 5.92 Å². The van der Waals surface area contributed by atoms with Gasteiger partial charge >= 0.3 is 6.09 Å². The van der Waals surface area contributed by atoms with Gasteiger partial charge in [-0.2, -0.15) is 0 Å². The van der Waals surface area contributed by atoms with E-state index in [2.05, 4.69) is 0 Å². The van der Waals surface area contributed by atoms with E-state index in [9.17, 15) is 9.90 Å². The Labute approximate surface area is 104 Å². The van der Waals surface area contributed by atoms with E-state index in [0.717, 1.165) is 12.8 Å². The molecular formula is C13H25NO3. The first-order chi connectivity index (χ1) is 7.65. The minimum absolute atomic E-state index is 0.200. The molecule has 0 aromatic carbocycles. The van der Waals surface area contributed by atoms with Crippen LogP contribution in [0.15, 0.2) is 0 Å². The number of piperidine rings is 1. The number of hydrogen-bond acceptors (Lipinski definition) is 3. The summed E-state index contributed by atoms with van der Waals surface area (Å²) >= 11 is 0. The van der Waals surface area contributed by atoms with Gasteiger partial charge in [-0.15, -0.1) is 0 Å². The maximum absolute atomic E-state index is 12.1. The quantitative estimate of drug-likeness (QED) is 0.769. The number of hydrogen-bond donors (Lipinski definition) is 1. The fourth-order valence-corrected chi connectivity index (χ4v) is 2.34. The summed E-state index contributed by atoms with van der Waals surface area (Å²) < 4.78 is 5.41. The van der Waals surface area contributed by atoms with Crippen molar-refractivity contribution in [1.29, 1.82) is 0 Å². The van der Waals surface area contributed by atoms with Crippen molar-refractivity contribution in [1.82, 2.24) is 4.90 Å². The minimum Gasteiger partial charge on any atom is -0.444 e. The molecule has 0 radical (unpaired) electrons. The fraction of sp³-hybridized carbons (Fsp3) is 0.923. The largest absolute Gasteiger partial charge is 0.444 e. The zero-order chi connectivity index (χ0) is 13.3. The van der Waals surface area contributed by atoms with Crippen molar-refractivity contribution in [3.8, 4) is 0 Å². The van der Waals surface area contributed by atoms with Crippen molar-refractivity contribution in [2.45, 2.75) is 58.6 Å². The van der Waals surface area contributed by atoms with Gasteiger partial charge in [0, 0.05) is 18.7 Å². The van der Waals surface area contributed by atoms with Gasteiger partial charge < -0.3 is 14.7 Å². The number of nitrogens with zero attached hydrogens (tertiary/aromatic N) is 1. The van der Waals surface area contributed by atoms with Gasteiger partial charge in [0.15, 0.2) is 0 Å². The molecule has 1 atom stereocenters. The van der Waals surface area contributed by atoms with Crippen LogP contribution in [0.5, 0.6) is 0 Å². The maximum atomic E-state index is 12.1. The molecule has 17 heavy (non-hydrogen) atoms. The number of amides is 1. The second-order valence-corrected chi connectivity index (χ2v) is 6.49. The van der Waals surface area contributed by atoms with Gasteiger partial charge in [0.1, 0.15) is 5.60 Å². The molecule has 4 nitrogen and oxygen atoms in total. The van der Waals surface area contributed by atoms with E-state index in [4.69, 9.17) is 4.74 Å². The monoisotopic (exact) mass is 243 g/mol. The summed E-state index contributed by atoms with van der Waals surface area (Å²) in [6, 6.07) is 0. The van der Waals surface area contributed by atoms with Crippen LogP contribution in [0.3, 0.4) is 0 Å². The smallest absolute Gasteiger partial charge is 0.410 e. The molecule has 1 aliphatic heterocycles. The molecule has 1 aliphatic rings. The Hall–Kier alpha value is -0.770. The lowest BCUT2D eigenvalue weighted by Gasteiger charge is -2.45. The second-order valence-electron chi connectivity index (χ2n) is 6.49. The topological polar surface area (TPSA) is 49.8 Å². The number of aliphatic hydroxyl groups is 1. The molecule has 1 saturated heterocycles. The normalized spacial score (nSPS) is 24.6. The predicted molar refractivity (Wildman–Crippen MR) is 66.8 cm³/mol. The van der Waals surface area contributed by atoms with Gasteiger partial charge in [-0.1, -0.05) is 0 Å². The molecule has 1 heterocycles. The average molecular weight is 243 g/mol. The van der Waals surface area contributed by atoms with Crippen LogP contribution in [-0.2, 0) is 4.74 Å². The van der Waals surface area contributed by atoms with Gasteiger partial charge in [-0.3, -0.25) is 0 Å². The Morgan fingerprint density at radius 1 is 1.47 bits per heavy atom. The van der Waals surface area contributed by atoms with E-state index in [1.54, 1.807) is 4.90 Å². The third-order valence-electron chi connectivity index (χ3n) is 3.15. The van der Waals surface area contributed by atoms with E-state index >= 15 is 0 Å². The molecule has 100 valence electrons. The highest BCUT2D eigenvalue weighted by Crippen LogP contribution is 2.32. The molecule has 1 rings (SSSR count). The highest BCUT2D eigenvalue weighted by atomic mass is 16.6. The lowest BCUT2D eigenvalue weighted by atomic mass is 9.83. The Balaban J connectivity index is 2.68. The lowest BCUT2D eigenvalue weighted by molar-refractivity contribution is -0.0198. The van der Waals surface area contributed by atoms with Gasteiger partial charge in [-0.25, -0.2) is 4.79 Å². The summed E-state index contributed by atoms with van der Waals surface area (Å²) in [7, 11) is 0. The lowest BCUT2D eigenvalue weighted by Crippen LogP contribution is -2.54. The van der Waals surface area contributed by atoms with Gasteiger partial charge in [0.25, 0.3) is 0 Å². The number of likely N-dealkylation sites (tertiary alicyclic amines) is 1. The third kappa shape index (κ3) is 3.87. The van der Waals surface area contributed by atoms with Crippen LogP contribution in [0.1, 0.15) is 47.5 Å². The number of rotatable bonds is 1. The first-order valence-electron chi connectivity index (χ1n) is 6.27. The number of ether oxygens (including phenoxy) is 1. The van der Waals surface area contributed by atoms with Crippen LogP contribution >= 0.6 is 0 Å². The Morgan fingerprint density at radius 2 is 2.06 bits per heavy atom. The summed E-state index contributed by atoms with van der Waals surface area (Å²) in [6.07, 6.45) is 1.42. The maximum Gasteiger partial charge on any atom is 0.410 e. The van der Waals surface area contributed by atoms with Crippen LogP contribution in [0, 0.1) is 5.92 Å². The Bertz CT molecular complexity index is 281. The summed E-state index contributed by atoms with van der Waals surface area (Å²) in [5, 5.41) is 9.20. The third-order valence-corrected chi connectivity index (χ3v) is 3.15. The molecule has 1 amide bonds.